The molecule has 0 amide bonds. The predicted octanol–water partition coefficient (Wildman–Crippen LogP) is 3.01. The van der Waals surface area contributed by atoms with Crippen LogP contribution in [0.1, 0.15) is 12.5 Å². The van der Waals surface area contributed by atoms with E-state index in [1.807, 2.05) is 18.2 Å². The van der Waals surface area contributed by atoms with Crippen LogP contribution in [-0.2, 0) is 0 Å². The molecular weight excluding hydrogens is 185 g/mol. The molecule has 3 heteroatoms. The zero-order chi connectivity index (χ0) is 9.68. The first-order chi connectivity index (χ1) is 6.22. The molecule has 0 bridgehead atoms. The predicted molar refractivity (Wildman–Crippen MR) is 52.5 cm³/mol. The average molecular weight is 195 g/mol. The summed E-state index contributed by atoms with van der Waals surface area (Å²) in [5.74, 6) is 0.439. The van der Waals surface area contributed by atoms with Gasteiger partial charge in [0, 0.05) is 10.6 Å². The maximum atomic E-state index is 12.5. The van der Waals surface area contributed by atoms with Crippen molar-refractivity contribution in [1.82, 2.24) is 0 Å². The number of nitrogens with zero attached hydrogens (tertiary/aromatic N) is 1. The van der Waals surface area contributed by atoms with E-state index in [0.717, 1.165) is 4.90 Å². The molecule has 1 rings (SSSR count). The fourth-order valence-electron chi connectivity index (χ4n) is 0.866. The van der Waals surface area contributed by atoms with E-state index in [9.17, 15) is 4.39 Å². The summed E-state index contributed by atoms with van der Waals surface area (Å²) >= 11 is 1.43. The van der Waals surface area contributed by atoms with E-state index in [1.54, 1.807) is 12.1 Å². The molecule has 0 fully saturated rings. The van der Waals surface area contributed by atoms with Crippen molar-refractivity contribution in [3.63, 3.8) is 0 Å². The molecule has 0 spiro atoms. The Kier molecular flexibility index (Phi) is 3.78. The average Bonchev–Trinajstić information content (AvgIpc) is 2.15. The van der Waals surface area contributed by atoms with E-state index in [1.165, 1.54) is 18.7 Å². The quantitative estimate of drug-likeness (QED) is 0.692. The van der Waals surface area contributed by atoms with Gasteiger partial charge in [0.2, 0.25) is 0 Å². The Hall–Kier alpha value is -1.01. The highest BCUT2D eigenvalue weighted by Crippen LogP contribution is 2.20. The molecule has 1 aromatic carbocycles. The second-order valence-corrected chi connectivity index (χ2v) is 3.82. The van der Waals surface area contributed by atoms with Crippen molar-refractivity contribution < 1.29 is 4.39 Å². The fraction of sp³-hybridized carbons (Fsp3) is 0.300. The van der Waals surface area contributed by atoms with Crippen molar-refractivity contribution in [3.8, 4) is 6.07 Å². The minimum atomic E-state index is -0.809. The number of halogens is 1. The topological polar surface area (TPSA) is 23.8 Å². The van der Waals surface area contributed by atoms with Gasteiger partial charge in [0.1, 0.15) is 6.17 Å². The maximum absolute atomic E-state index is 12.5. The van der Waals surface area contributed by atoms with Crippen LogP contribution in [-0.4, -0.2) is 11.9 Å². The fourth-order valence-corrected chi connectivity index (χ4v) is 1.67. The van der Waals surface area contributed by atoms with Crippen LogP contribution < -0.4 is 0 Å². The standard InChI is InChI=1S/C10H10FNS/c1-8(11)7-13-10-4-2-3-9(5-10)6-12/h2-5,8H,7H2,1H3. The van der Waals surface area contributed by atoms with Crippen molar-refractivity contribution in [2.24, 2.45) is 0 Å². The van der Waals surface area contributed by atoms with Crippen LogP contribution >= 0.6 is 11.8 Å². The van der Waals surface area contributed by atoms with Gasteiger partial charge in [0.15, 0.2) is 0 Å². The van der Waals surface area contributed by atoms with E-state index in [2.05, 4.69) is 0 Å². The molecule has 0 saturated heterocycles. The van der Waals surface area contributed by atoms with Gasteiger partial charge < -0.3 is 0 Å². The summed E-state index contributed by atoms with van der Waals surface area (Å²) in [5, 5.41) is 8.61. The Balaban J connectivity index is 2.63. The molecule has 1 nitrogen and oxygen atoms in total. The molecule has 0 heterocycles. The van der Waals surface area contributed by atoms with Gasteiger partial charge in [-0.2, -0.15) is 5.26 Å². The molecule has 1 atom stereocenters. The number of hydrogen-bond acceptors (Lipinski definition) is 2. The van der Waals surface area contributed by atoms with E-state index < -0.39 is 6.17 Å². The smallest absolute Gasteiger partial charge is 0.107 e. The van der Waals surface area contributed by atoms with Crippen molar-refractivity contribution in [1.29, 1.82) is 5.26 Å². The van der Waals surface area contributed by atoms with Crippen LogP contribution in [0.15, 0.2) is 29.2 Å². The minimum absolute atomic E-state index is 0.439. The van der Waals surface area contributed by atoms with Gasteiger partial charge in [-0.05, 0) is 25.1 Å². The third-order valence-electron chi connectivity index (χ3n) is 1.44. The second-order valence-electron chi connectivity index (χ2n) is 2.73. The van der Waals surface area contributed by atoms with Gasteiger partial charge in [0.25, 0.3) is 0 Å². The Morgan fingerprint density at radius 3 is 3.00 bits per heavy atom. The SMILES string of the molecule is CC(F)CSc1cccc(C#N)c1. The Morgan fingerprint density at radius 2 is 2.38 bits per heavy atom. The maximum Gasteiger partial charge on any atom is 0.107 e. The summed E-state index contributed by atoms with van der Waals surface area (Å²) in [6.07, 6.45) is -0.809. The molecular formula is C10H10FNS. The molecule has 0 aliphatic carbocycles. The first kappa shape index (κ1) is 10.1. The van der Waals surface area contributed by atoms with Gasteiger partial charge in [0.05, 0.1) is 11.6 Å². The highest BCUT2D eigenvalue weighted by Gasteiger charge is 2.00. The van der Waals surface area contributed by atoms with Gasteiger partial charge in [-0.3, -0.25) is 0 Å². The van der Waals surface area contributed by atoms with Gasteiger partial charge in [-0.15, -0.1) is 11.8 Å². The summed E-state index contributed by atoms with van der Waals surface area (Å²) in [5.41, 5.74) is 0.622. The first-order valence-electron chi connectivity index (χ1n) is 3.99. The Labute approximate surface area is 81.6 Å². The molecule has 0 aromatic heterocycles. The number of alkyl halides is 1. The van der Waals surface area contributed by atoms with E-state index in [0.29, 0.717) is 11.3 Å². The third kappa shape index (κ3) is 3.47. The van der Waals surface area contributed by atoms with Crippen molar-refractivity contribution >= 4 is 11.8 Å². The molecule has 1 unspecified atom stereocenters. The summed E-state index contributed by atoms with van der Waals surface area (Å²) < 4.78 is 12.5. The normalized spacial score (nSPS) is 12.1. The molecule has 1 aromatic rings. The number of rotatable bonds is 3. The lowest BCUT2D eigenvalue weighted by atomic mass is 10.2. The van der Waals surface area contributed by atoms with Gasteiger partial charge in [-0.25, -0.2) is 4.39 Å². The zero-order valence-electron chi connectivity index (χ0n) is 7.33. The summed E-state index contributed by atoms with van der Waals surface area (Å²) in [6.45, 7) is 1.53. The number of hydrogen-bond donors (Lipinski definition) is 0. The molecule has 0 saturated carbocycles. The molecule has 0 radical (unpaired) electrons. The monoisotopic (exact) mass is 195 g/mol. The molecule has 68 valence electrons. The molecule has 0 aliphatic heterocycles. The number of nitriles is 1. The summed E-state index contributed by atoms with van der Waals surface area (Å²) in [6, 6.07) is 9.25. The van der Waals surface area contributed by atoms with Crippen LogP contribution in [0.5, 0.6) is 0 Å². The van der Waals surface area contributed by atoms with Crippen LogP contribution in [0.4, 0.5) is 4.39 Å². The highest BCUT2D eigenvalue weighted by atomic mass is 32.2. The van der Waals surface area contributed by atoms with E-state index >= 15 is 0 Å². The zero-order valence-corrected chi connectivity index (χ0v) is 8.14. The van der Waals surface area contributed by atoms with E-state index in [4.69, 9.17) is 5.26 Å². The Morgan fingerprint density at radius 1 is 1.62 bits per heavy atom. The second kappa shape index (κ2) is 4.88. The lowest BCUT2D eigenvalue weighted by molar-refractivity contribution is 0.398. The van der Waals surface area contributed by atoms with Crippen molar-refractivity contribution in [2.45, 2.75) is 18.0 Å². The van der Waals surface area contributed by atoms with Gasteiger partial charge >= 0.3 is 0 Å². The lowest BCUT2D eigenvalue weighted by Gasteiger charge is -2.01. The molecule has 0 N–H and O–H groups in total. The summed E-state index contributed by atoms with van der Waals surface area (Å²) in [7, 11) is 0. The molecule has 13 heavy (non-hydrogen) atoms. The first-order valence-corrected chi connectivity index (χ1v) is 4.98. The minimum Gasteiger partial charge on any atom is -0.247 e. The third-order valence-corrected chi connectivity index (χ3v) is 2.66. The van der Waals surface area contributed by atoms with E-state index in [-0.39, 0.29) is 0 Å². The van der Waals surface area contributed by atoms with Crippen molar-refractivity contribution in [3.05, 3.63) is 29.8 Å². The Bertz CT molecular complexity index is 317. The molecule has 0 aliphatic rings. The number of thioether (sulfide) groups is 1. The van der Waals surface area contributed by atoms with Crippen LogP contribution in [0, 0.1) is 11.3 Å². The lowest BCUT2D eigenvalue weighted by Crippen LogP contribution is -1.95. The largest absolute Gasteiger partial charge is 0.247 e. The van der Waals surface area contributed by atoms with Crippen LogP contribution in [0.3, 0.4) is 0 Å². The van der Waals surface area contributed by atoms with Gasteiger partial charge in [-0.1, -0.05) is 6.07 Å². The highest BCUT2D eigenvalue weighted by molar-refractivity contribution is 7.99. The summed E-state index contributed by atoms with van der Waals surface area (Å²) in [4.78, 5) is 0.948. The number of benzene rings is 1. The van der Waals surface area contributed by atoms with Crippen LogP contribution in [0.25, 0.3) is 0 Å². The van der Waals surface area contributed by atoms with Crippen LogP contribution in [0.2, 0.25) is 0 Å². The van der Waals surface area contributed by atoms with Crippen molar-refractivity contribution in [2.75, 3.05) is 5.75 Å².